The third-order valence-corrected chi connectivity index (χ3v) is 3.95. The molecule has 0 fully saturated rings. The minimum Gasteiger partial charge on any atom is -0.385 e. The van der Waals surface area contributed by atoms with E-state index in [1.54, 1.807) is 11.3 Å². The van der Waals surface area contributed by atoms with Crippen molar-refractivity contribution >= 4 is 11.3 Å². The van der Waals surface area contributed by atoms with Crippen LogP contribution in [0.25, 0.3) is 0 Å². The largest absolute Gasteiger partial charge is 0.385 e. The van der Waals surface area contributed by atoms with Crippen LogP contribution in [-0.2, 0) is 6.54 Å². The molecule has 1 aliphatic rings. The molecule has 88 valence electrons. The molecular weight excluding hydrogens is 232 g/mol. The van der Waals surface area contributed by atoms with Crippen molar-refractivity contribution in [3.8, 4) is 0 Å². The number of nitrogens with zero attached hydrogens (tertiary/aromatic N) is 1. The lowest BCUT2D eigenvalue weighted by atomic mass is 9.99. The zero-order valence-corrected chi connectivity index (χ0v) is 10.4. The Morgan fingerprint density at radius 3 is 3.06 bits per heavy atom. The highest BCUT2D eigenvalue weighted by Gasteiger charge is 2.29. The summed E-state index contributed by atoms with van der Waals surface area (Å²) >= 11 is 1.57. The van der Waals surface area contributed by atoms with Crippen LogP contribution in [-0.4, -0.2) is 10.1 Å². The van der Waals surface area contributed by atoms with Crippen LogP contribution in [0.5, 0.6) is 0 Å². The fourth-order valence-corrected chi connectivity index (χ4v) is 2.94. The van der Waals surface area contributed by atoms with E-state index in [1.165, 1.54) is 11.1 Å². The number of hydrogen-bond acceptors (Lipinski definition) is 4. The van der Waals surface area contributed by atoms with Gasteiger partial charge in [0.2, 0.25) is 0 Å². The van der Waals surface area contributed by atoms with Crippen LogP contribution in [0, 0.1) is 6.92 Å². The van der Waals surface area contributed by atoms with E-state index in [2.05, 4.69) is 22.4 Å². The Bertz CT molecular complexity index is 538. The molecule has 3 nitrogen and oxygen atoms in total. The van der Waals surface area contributed by atoms with Gasteiger partial charge >= 0.3 is 0 Å². The number of nitrogens with one attached hydrogen (secondary N) is 1. The van der Waals surface area contributed by atoms with E-state index in [9.17, 15) is 5.11 Å². The van der Waals surface area contributed by atoms with Crippen LogP contribution in [0.15, 0.2) is 29.6 Å². The number of aliphatic hydroxyl groups excluding tert-OH is 1. The molecule has 0 radical (unpaired) electrons. The molecule has 0 amide bonds. The predicted octanol–water partition coefficient (Wildman–Crippen LogP) is 2.33. The second kappa shape index (κ2) is 4.22. The fourth-order valence-electron chi connectivity index (χ4n) is 2.30. The number of hydrogen-bond donors (Lipinski definition) is 2. The van der Waals surface area contributed by atoms with E-state index in [4.69, 9.17) is 0 Å². The van der Waals surface area contributed by atoms with Gasteiger partial charge in [0.05, 0.1) is 16.7 Å². The summed E-state index contributed by atoms with van der Waals surface area (Å²) in [6.07, 6.45) is -0.566. The Kier molecular flexibility index (Phi) is 2.70. The lowest BCUT2D eigenvalue weighted by Gasteiger charge is -2.17. The van der Waals surface area contributed by atoms with Gasteiger partial charge in [0.1, 0.15) is 6.10 Å². The van der Waals surface area contributed by atoms with Crippen molar-refractivity contribution < 1.29 is 5.11 Å². The standard InChI is InChI=1S/C13H14N2OS/c1-8-15-11(7-17-8)13(16)12-10-5-3-2-4-9(10)6-14-12/h2-5,7,12-14,16H,6H2,1H3. The Labute approximate surface area is 104 Å². The van der Waals surface area contributed by atoms with Crippen LogP contribution in [0.3, 0.4) is 0 Å². The van der Waals surface area contributed by atoms with Crippen LogP contribution < -0.4 is 5.32 Å². The number of thiazole rings is 1. The van der Waals surface area contributed by atoms with Crippen LogP contribution >= 0.6 is 11.3 Å². The molecule has 2 atom stereocenters. The summed E-state index contributed by atoms with van der Waals surface area (Å²) in [4.78, 5) is 4.36. The maximum absolute atomic E-state index is 10.4. The SMILES string of the molecule is Cc1nc(C(O)C2NCc3ccccc32)cs1. The van der Waals surface area contributed by atoms with Gasteiger partial charge in [0.25, 0.3) is 0 Å². The second-order valence-corrected chi connectivity index (χ2v) is 5.36. The van der Waals surface area contributed by atoms with Gasteiger partial charge in [0, 0.05) is 11.9 Å². The minimum absolute atomic E-state index is 0.0345. The lowest BCUT2D eigenvalue weighted by molar-refractivity contribution is 0.130. The molecule has 17 heavy (non-hydrogen) atoms. The van der Waals surface area contributed by atoms with Gasteiger partial charge in [0.15, 0.2) is 0 Å². The van der Waals surface area contributed by atoms with Crippen molar-refractivity contribution in [1.82, 2.24) is 10.3 Å². The summed E-state index contributed by atoms with van der Waals surface area (Å²) < 4.78 is 0. The first-order chi connectivity index (χ1) is 8.25. The van der Waals surface area contributed by atoms with Gasteiger partial charge < -0.3 is 10.4 Å². The molecule has 1 aromatic heterocycles. The van der Waals surface area contributed by atoms with Crippen molar-refractivity contribution in [3.05, 3.63) is 51.5 Å². The van der Waals surface area contributed by atoms with Crippen molar-refractivity contribution in [2.45, 2.75) is 25.6 Å². The molecule has 4 heteroatoms. The molecule has 2 unspecified atom stereocenters. The van der Waals surface area contributed by atoms with E-state index < -0.39 is 6.10 Å². The van der Waals surface area contributed by atoms with Gasteiger partial charge in [-0.15, -0.1) is 11.3 Å². The van der Waals surface area contributed by atoms with Crippen LogP contribution in [0.4, 0.5) is 0 Å². The summed E-state index contributed by atoms with van der Waals surface area (Å²) in [6, 6.07) is 8.18. The number of aliphatic hydroxyl groups is 1. The molecule has 0 saturated heterocycles. The third-order valence-electron chi connectivity index (χ3n) is 3.16. The molecule has 0 bridgehead atoms. The van der Waals surface area contributed by atoms with E-state index in [1.807, 2.05) is 24.4 Å². The number of fused-ring (bicyclic) bond motifs is 1. The number of aryl methyl sites for hydroxylation is 1. The highest BCUT2D eigenvalue weighted by atomic mass is 32.1. The summed E-state index contributed by atoms with van der Waals surface area (Å²) in [6.45, 7) is 2.78. The fraction of sp³-hybridized carbons (Fsp3) is 0.308. The summed E-state index contributed by atoms with van der Waals surface area (Å²) in [5.74, 6) is 0. The molecule has 0 aliphatic carbocycles. The van der Waals surface area contributed by atoms with Gasteiger partial charge in [-0.2, -0.15) is 0 Å². The zero-order valence-electron chi connectivity index (χ0n) is 9.55. The Morgan fingerprint density at radius 2 is 2.29 bits per heavy atom. The minimum atomic E-state index is -0.566. The number of benzene rings is 1. The highest BCUT2D eigenvalue weighted by molar-refractivity contribution is 7.09. The van der Waals surface area contributed by atoms with Crippen LogP contribution in [0.2, 0.25) is 0 Å². The van der Waals surface area contributed by atoms with Crippen molar-refractivity contribution in [2.24, 2.45) is 0 Å². The monoisotopic (exact) mass is 246 g/mol. The lowest BCUT2D eigenvalue weighted by Crippen LogP contribution is -2.20. The summed E-state index contributed by atoms with van der Waals surface area (Å²) in [5.41, 5.74) is 3.22. The molecule has 3 rings (SSSR count). The first-order valence-electron chi connectivity index (χ1n) is 5.67. The molecule has 2 N–H and O–H groups in total. The van der Waals surface area contributed by atoms with Crippen molar-refractivity contribution in [2.75, 3.05) is 0 Å². The maximum atomic E-state index is 10.4. The van der Waals surface area contributed by atoms with E-state index in [-0.39, 0.29) is 6.04 Å². The van der Waals surface area contributed by atoms with Gasteiger partial charge in [-0.1, -0.05) is 24.3 Å². The Hall–Kier alpha value is -1.23. The molecule has 1 aromatic carbocycles. The smallest absolute Gasteiger partial charge is 0.116 e. The molecule has 2 heterocycles. The first kappa shape index (κ1) is 10.9. The summed E-state index contributed by atoms with van der Waals surface area (Å²) in [5, 5.41) is 16.6. The van der Waals surface area contributed by atoms with E-state index in [0.29, 0.717) is 0 Å². The number of rotatable bonds is 2. The van der Waals surface area contributed by atoms with Crippen molar-refractivity contribution in [3.63, 3.8) is 0 Å². The van der Waals surface area contributed by atoms with Gasteiger partial charge in [-0.05, 0) is 18.1 Å². The normalized spacial score (nSPS) is 20.2. The van der Waals surface area contributed by atoms with E-state index in [0.717, 1.165) is 17.2 Å². The molecule has 0 spiro atoms. The van der Waals surface area contributed by atoms with Gasteiger partial charge in [-0.25, -0.2) is 4.98 Å². The van der Waals surface area contributed by atoms with Crippen LogP contribution in [0.1, 0.15) is 34.0 Å². The third kappa shape index (κ3) is 1.88. The summed E-state index contributed by atoms with van der Waals surface area (Å²) in [7, 11) is 0. The predicted molar refractivity (Wildman–Crippen MR) is 67.8 cm³/mol. The molecular formula is C13H14N2OS. The average molecular weight is 246 g/mol. The quantitative estimate of drug-likeness (QED) is 0.855. The zero-order chi connectivity index (χ0) is 11.8. The maximum Gasteiger partial charge on any atom is 0.116 e. The molecule has 0 saturated carbocycles. The molecule has 2 aromatic rings. The Morgan fingerprint density at radius 1 is 1.47 bits per heavy atom. The molecule has 1 aliphatic heterocycles. The van der Waals surface area contributed by atoms with Crippen molar-refractivity contribution in [1.29, 1.82) is 0 Å². The van der Waals surface area contributed by atoms with Gasteiger partial charge in [-0.3, -0.25) is 0 Å². The topological polar surface area (TPSA) is 45.2 Å². The first-order valence-corrected chi connectivity index (χ1v) is 6.55. The average Bonchev–Trinajstić information content (AvgIpc) is 2.94. The second-order valence-electron chi connectivity index (χ2n) is 4.29. The highest BCUT2D eigenvalue weighted by Crippen LogP contribution is 2.35. The van der Waals surface area contributed by atoms with E-state index >= 15 is 0 Å². The number of aromatic nitrogens is 1. The Balaban J connectivity index is 1.92.